The molecular weight excluding hydrogens is 448 g/mol. The molecule has 0 aliphatic carbocycles. The molecule has 0 bridgehead atoms. The molecule has 158 valence electrons. The van der Waals surface area contributed by atoms with Gasteiger partial charge in [0.15, 0.2) is 11.6 Å². The lowest BCUT2D eigenvalue weighted by atomic mass is 10.1. The van der Waals surface area contributed by atoms with Crippen molar-refractivity contribution in [3.8, 4) is 5.82 Å². The first-order chi connectivity index (χ1) is 14.6. The monoisotopic (exact) mass is 472 g/mol. The van der Waals surface area contributed by atoms with E-state index in [1.54, 1.807) is 0 Å². The van der Waals surface area contributed by atoms with Gasteiger partial charge in [-0.15, -0.1) is 0 Å². The van der Waals surface area contributed by atoms with Crippen molar-refractivity contribution in [1.82, 2.24) is 19.5 Å². The van der Waals surface area contributed by atoms with Gasteiger partial charge in [-0.25, -0.2) is 4.98 Å². The predicted molar refractivity (Wildman–Crippen MR) is 120 cm³/mol. The summed E-state index contributed by atoms with van der Waals surface area (Å²) in [6, 6.07) is 8.27. The zero-order chi connectivity index (χ0) is 20.7. The van der Waals surface area contributed by atoms with Gasteiger partial charge in [-0.2, -0.15) is 9.97 Å². The van der Waals surface area contributed by atoms with Crippen LogP contribution in [0.3, 0.4) is 0 Å². The number of aromatic nitrogens is 4. The van der Waals surface area contributed by atoms with Crippen molar-refractivity contribution in [3.05, 3.63) is 35.1 Å². The molecule has 2 saturated heterocycles. The van der Waals surface area contributed by atoms with Crippen molar-refractivity contribution in [2.24, 2.45) is 0 Å². The highest BCUT2D eigenvalue weighted by Gasteiger charge is 2.30. The Balaban J connectivity index is 1.67. The average Bonchev–Trinajstić information content (AvgIpc) is 3.21. The Bertz CT molecular complexity index is 1050. The van der Waals surface area contributed by atoms with Crippen LogP contribution < -0.4 is 9.80 Å². The van der Waals surface area contributed by atoms with Crippen LogP contribution in [-0.2, 0) is 9.47 Å². The number of fused-ring (bicyclic) bond motifs is 1. The largest absolute Gasteiger partial charge is 0.378 e. The molecule has 0 unspecified atom stereocenters. The summed E-state index contributed by atoms with van der Waals surface area (Å²) in [5, 5.41) is 0. The minimum atomic E-state index is 0.121. The number of para-hydroxylation sites is 2. The van der Waals surface area contributed by atoms with Crippen LogP contribution >= 0.6 is 15.9 Å². The topological polar surface area (TPSA) is 68.5 Å². The Hall–Kier alpha value is -2.23. The lowest BCUT2D eigenvalue weighted by Gasteiger charge is -2.38. The maximum absolute atomic E-state index is 5.82. The summed E-state index contributed by atoms with van der Waals surface area (Å²) < 4.78 is 14.3. The van der Waals surface area contributed by atoms with E-state index in [-0.39, 0.29) is 12.1 Å². The van der Waals surface area contributed by atoms with Crippen molar-refractivity contribution in [2.75, 3.05) is 49.3 Å². The van der Waals surface area contributed by atoms with E-state index in [1.807, 2.05) is 29.1 Å². The van der Waals surface area contributed by atoms with Crippen LogP contribution in [-0.4, -0.2) is 71.1 Å². The predicted octanol–water partition coefficient (Wildman–Crippen LogP) is 3.03. The van der Waals surface area contributed by atoms with E-state index in [4.69, 9.17) is 19.4 Å². The average molecular weight is 473 g/mol. The molecule has 2 aliphatic heterocycles. The number of hydrogen-bond donors (Lipinski definition) is 0. The molecule has 0 amide bonds. The maximum atomic E-state index is 5.82. The molecule has 2 aromatic heterocycles. The molecule has 0 saturated carbocycles. The van der Waals surface area contributed by atoms with Gasteiger partial charge in [0, 0.05) is 19.6 Å². The SMILES string of the molecule is C[C@@H]1OCCN(c2nc(N3CCOCC3)c(Br)c(-n3cnc4ccccc43)n2)[C@H]1C. The van der Waals surface area contributed by atoms with Crippen LogP contribution in [0.25, 0.3) is 16.9 Å². The number of rotatable bonds is 3. The lowest BCUT2D eigenvalue weighted by Crippen LogP contribution is -2.49. The third kappa shape index (κ3) is 3.44. The summed E-state index contributed by atoms with van der Waals surface area (Å²) in [7, 11) is 0. The number of anilines is 2. The Morgan fingerprint density at radius 1 is 1.00 bits per heavy atom. The summed E-state index contributed by atoms with van der Waals surface area (Å²) >= 11 is 3.81. The molecule has 0 radical (unpaired) electrons. The Morgan fingerprint density at radius 2 is 1.77 bits per heavy atom. The molecule has 9 heteroatoms. The van der Waals surface area contributed by atoms with E-state index < -0.39 is 0 Å². The van der Waals surface area contributed by atoms with Crippen LogP contribution in [0.2, 0.25) is 0 Å². The molecule has 5 rings (SSSR count). The fourth-order valence-corrected chi connectivity index (χ4v) is 4.65. The van der Waals surface area contributed by atoms with E-state index in [2.05, 4.69) is 50.6 Å². The van der Waals surface area contributed by atoms with Crippen molar-refractivity contribution < 1.29 is 9.47 Å². The molecule has 2 atom stereocenters. The molecule has 0 spiro atoms. The van der Waals surface area contributed by atoms with Crippen molar-refractivity contribution in [1.29, 1.82) is 0 Å². The molecule has 2 aliphatic rings. The maximum Gasteiger partial charge on any atom is 0.229 e. The van der Waals surface area contributed by atoms with E-state index in [0.717, 1.165) is 52.7 Å². The fourth-order valence-electron chi connectivity index (χ4n) is 4.03. The zero-order valence-electron chi connectivity index (χ0n) is 17.2. The second kappa shape index (κ2) is 8.13. The number of morpholine rings is 2. The highest BCUT2D eigenvalue weighted by Crippen LogP contribution is 2.34. The molecule has 0 N–H and O–H groups in total. The number of imidazole rings is 1. The van der Waals surface area contributed by atoms with Crippen molar-refractivity contribution >= 4 is 38.7 Å². The molecular formula is C21H25BrN6O2. The Labute approximate surface area is 184 Å². The highest BCUT2D eigenvalue weighted by atomic mass is 79.9. The second-order valence-corrected chi connectivity index (χ2v) is 8.49. The van der Waals surface area contributed by atoms with Gasteiger partial charge < -0.3 is 19.3 Å². The Morgan fingerprint density at radius 3 is 2.60 bits per heavy atom. The molecule has 3 aromatic rings. The highest BCUT2D eigenvalue weighted by molar-refractivity contribution is 9.10. The van der Waals surface area contributed by atoms with Gasteiger partial charge in [-0.1, -0.05) is 12.1 Å². The van der Waals surface area contributed by atoms with Crippen LogP contribution in [0.15, 0.2) is 35.1 Å². The fraction of sp³-hybridized carbons (Fsp3) is 0.476. The van der Waals surface area contributed by atoms with Crippen molar-refractivity contribution in [2.45, 2.75) is 26.0 Å². The molecule has 4 heterocycles. The van der Waals surface area contributed by atoms with Gasteiger partial charge in [-0.05, 0) is 41.9 Å². The van der Waals surface area contributed by atoms with Gasteiger partial charge in [0.25, 0.3) is 0 Å². The minimum absolute atomic E-state index is 0.121. The van der Waals surface area contributed by atoms with E-state index in [9.17, 15) is 0 Å². The van der Waals surface area contributed by atoms with Crippen LogP contribution in [0.1, 0.15) is 13.8 Å². The number of hydrogen-bond acceptors (Lipinski definition) is 7. The number of benzene rings is 1. The number of ether oxygens (including phenoxy) is 2. The number of nitrogens with zero attached hydrogens (tertiary/aromatic N) is 6. The molecule has 30 heavy (non-hydrogen) atoms. The first-order valence-corrected chi connectivity index (χ1v) is 11.1. The first-order valence-electron chi connectivity index (χ1n) is 10.3. The van der Waals surface area contributed by atoms with Crippen LogP contribution in [0, 0.1) is 0 Å². The normalized spacial score (nSPS) is 22.6. The van der Waals surface area contributed by atoms with Crippen LogP contribution in [0.4, 0.5) is 11.8 Å². The summed E-state index contributed by atoms with van der Waals surface area (Å²) in [4.78, 5) is 19.1. The summed E-state index contributed by atoms with van der Waals surface area (Å²) in [6.07, 6.45) is 1.95. The van der Waals surface area contributed by atoms with Gasteiger partial charge in [0.2, 0.25) is 5.95 Å². The third-order valence-electron chi connectivity index (χ3n) is 5.94. The molecule has 2 fully saturated rings. The number of halogens is 1. The van der Waals surface area contributed by atoms with Gasteiger partial charge in [0.05, 0.1) is 43.0 Å². The summed E-state index contributed by atoms with van der Waals surface area (Å²) in [5.74, 6) is 2.40. The van der Waals surface area contributed by atoms with Crippen molar-refractivity contribution in [3.63, 3.8) is 0 Å². The zero-order valence-corrected chi connectivity index (χ0v) is 18.7. The van der Waals surface area contributed by atoms with E-state index in [0.29, 0.717) is 19.8 Å². The van der Waals surface area contributed by atoms with Crippen LogP contribution in [0.5, 0.6) is 0 Å². The quantitative estimate of drug-likeness (QED) is 0.580. The Kier molecular flexibility index (Phi) is 5.34. The van der Waals surface area contributed by atoms with E-state index >= 15 is 0 Å². The van der Waals surface area contributed by atoms with Gasteiger partial charge in [0.1, 0.15) is 10.8 Å². The minimum Gasteiger partial charge on any atom is -0.378 e. The third-order valence-corrected chi connectivity index (χ3v) is 6.65. The molecule has 8 nitrogen and oxygen atoms in total. The standard InChI is InChI=1S/C21H25BrN6O2/c1-14-15(2)30-12-9-27(14)21-24-19(26-7-10-29-11-8-26)18(22)20(25-21)28-13-23-16-5-3-4-6-17(16)28/h3-6,13-15H,7-12H2,1-2H3/t14-,15-/m0/s1. The smallest absolute Gasteiger partial charge is 0.229 e. The summed E-state index contributed by atoms with van der Waals surface area (Å²) in [6.45, 7) is 8.68. The van der Waals surface area contributed by atoms with Gasteiger partial charge in [-0.3, -0.25) is 4.57 Å². The molecule has 1 aromatic carbocycles. The lowest BCUT2D eigenvalue weighted by molar-refractivity contribution is 0.0277. The first kappa shape index (κ1) is 19.7. The summed E-state index contributed by atoms with van der Waals surface area (Å²) in [5.41, 5.74) is 1.95. The van der Waals surface area contributed by atoms with E-state index in [1.165, 1.54) is 0 Å². The van der Waals surface area contributed by atoms with Gasteiger partial charge >= 0.3 is 0 Å². The second-order valence-electron chi connectivity index (χ2n) is 7.70.